The number of hydrogen-bond donors (Lipinski definition) is 1. The Bertz CT molecular complexity index is 868. The van der Waals surface area contributed by atoms with Gasteiger partial charge in [-0.25, -0.2) is 0 Å². The molecule has 3 aliphatic heterocycles. The van der Waals surface area contributed by atoms with E-state index in [9.17, 15) is 14.4 Å². The Labute approximate surface area is 184 Å². The first-order valence-corrected chi connectivity index (χ1v) is 11.4. The molecule has 0 radical (unpaired) electrons. The number of anilines is 2. The van der Waals surface area contributed by atoms with Gasteiger partial charge in [0.25, 0.3) is 0 Å². The Morgan fingerprint density at radius 3 is 2.45 bits per heavy atom. The van der Waals surface area contributed by atoms with Crippen molar-refractivity contribution in [3.05, 3.63) is 23.8 Å². The zero-order valence-electron chi connectivity index (χ0n) is 18.8. The molecule has 1 N–H and O–H groups in total. The van der Waals surface area contributed by atoms with Crippen LogP contribution in [0.5, 0.6) is 0 Å². The Hall–Kier alpha value is -2.57. The molecule has 0 bridgehead atoms. The highest BCUT2D eigenvalue weighted by Crippen LogP contribution is 2.39. The lowest BCUT2D eigenvalue weighted by atomic mass is 9.92. The zero-order valence-corrected chi connectivity index (χ0v) is 18.8. The molecule has 3 heterocycles. The monoisotopic (exact) mass is 427 g/mol. The Morgan fingerprint density at radius 2 is 1.77 bits per heavy atom. The van der Waals surface area contributed by atoms with E-state index in [2.05, 4.69) is 33.3 Å². The second-order valence-corrected chi connectivity index (χ2v) is 9.91. The molecule has 168 valence electrons. The van der Waals surface area contributed by atoms with E-state index in [4.69, 9.17) is 4.74 Å². The molecule has 2 fully saturated rings. The van der Waals surface area contributed by atoms with E-state index >= 15 is 0 Å². The van der Waals surface area contributed by atoms with Gasteiger partial charge in [0.15, 0.2) is 0 Å². The summed E-state index contributed by atoms with van der Waals surface area (Å²) in [6.07, 6.45) is 4.30. The molecule has 31 heavy (non-hydrogen) atoms. The largest absolute Gasteiger partial charge is 0.460 e. The molecule has 1 aromatic carbocycles. The van der Waals surface area contributed by atoms with Crippen molar-refractivity contribution in [3.8, 4) is 0 Å². The highest BCUT2D eigenvalue weighted by Gasteiger charge is 2.36. The van der Waals surface area contributed by atoms with Gasteiger partial charge in [0.2, 0.25) is 11.8 Å². The van der Waals surface area contributed by atoms with Crippen LogP contribution in [0, 0.1) is 5.92 Å². The number of carbonyl (C=O) groups excluding carboxylic acids is 3. The molecule has 4 rings (SSSR count). The third-order valence-corrected chi connectivity index (χ3v) is 6.46. The van der Waals surface area contributed by atoms with E-state index in [1.807, 2.05) is 20.8 Å². The number of nitrogens with zero attached hydrogens (tertiary/aromatic N) is 2. The number of rotatable bonds is 4. The Kier molecular flexibility index (Phi) is 5.95. The topological polar surface area (TPSA) is 79.0 Å². The summed E-state index contributed by atoms with van der Waals surface area (Å²) in [7, 11) is 0. The lowest BCUT2D eigenvalue weighted by Crippen LogP contribution is -2.52. The molecule has 0 spiro atoms. The van der Waals surface area contributed by atoms with Crippen LogP contribution >= 0.6 is 0 Å². The first-order chi connectivity index (χ1) is 14.7. The van der Waals surface area contributed by atoms with E-state index < -0.39 is 5.60 Å². The maximum Gasteiger partial charge on any atom is 0.306 e. The second kappa shape index (κ2) is 8.52. The minimum absolute atomic E-state index is 0.105. The van der Waals surface area contributed by atoms with Gasteiger partial charge < -0.3 is 14.5 Å². The zero-order chi connectivity index (χ0) is 22.2. The van der Waals surface area contributed by atoms with Crippen LogP contribution in [0.15, 0.2) is 18.2 Å². The van der Waals surface area contributed by atoms with Crippen LogP contribution in [0.3, 0.4) is 0 Å². The summed E-state index contributed by atoms with van der Waals surface area (Å²) >= 11 is 0. The van der Waals surface area contributed by atoms with Crippen LogP contribution < -0.4 is 15.1 Å². The minimum Gasteiger partial charge on any atom is -0.460 e. The number of nitrogens with one attached hydrogen (secondary N) is 1. The van der Waals surface area contributed by atoms with Crippen molar-refractivity contribution >= 4 is 29.2 Å². The SMILES string of the molecule is CC(C)(C)OC(=O)CC1CCN(c2cccc3c2CCN3[C@@H]2CCC(=O)NC2=O)CC1. The van der Waals surface area contributed by atoms with E-state index in [0.29, 0.717) is 25.2 Å². The molecule has 0 saturated carbocycles. The van der Waals surface area contributed by atoms with Gasteiger partial charge in [-0.15, -0.1) is 0 Å². The van der Waals surface area contributed by atoms with Gasteiger partial charge in [-0.2, -0.15) is 0 Å². The fraction of sp³-hybridized carbons (Fsp3) is 0.625. The first kappa shape index (κ1) is 21.7. The van der Waals surface area contributed by atoms with Crippen molar-refractivity contribution in [1.29, 1.82) is 0 Å². The quantitative estimate of drug-likeness (QED) is 0.588. The predicted molar refractivity (Wildman–Crippen MR) is 119 cm³/mol. The highest BCUT2D eigenvalue weighted by atomic mass is 16.6. The standard InChI is InChI=1S/C24H33N3O4/c1-24(2,3)31-22(29)15-16-9-12-26(13-10-16)18-5-4-6-19-17(18)11-14-27(19)20-7-8-21(28)25-23(20)30/h4-6,16,20H,7-15H2,1-3H3,(H,25,28,30)/t20-/m1/s1. The summed E-state index contributed by atoms with van der Waals surface area (Å²) < 4.78 is 5.49. The lowest BCUT2D eigenvalue weighted by Gasteiger charge is -2.35. The molecule has 3 aliphatic rings. The minimum atomic E-state index is -0.434. The van der Waals surface area contributed by atoms with Gasteiger partial charge in [-0.3, -0.25) is 19.7 Å². The van der Waals surface area contributed by atoms with Crippen molar-refractivity contribution in [2.24, 2.45) is 5.92 Å². The summed E-state index contributed by atoms with van der Waals surface area (Å²) in [6, 6.07) is 6.05. The van der Waals surface area contributed by atoms with E-state index in [1.54, 1.807) is 0 Å². The first-order valence-electron chi connectivity index (χ1n) is 11.4. The molecule has 2 saturated heterocycles. The van der Waals surface area contributed by atoms with Crippen LogP contribution in [0.2, 0.25) is 0 Å². The van der Waals surface area contributed by atoms with E-state index in [0.717, 1.165) is 44.6 Å². The summed E-state index contributed by atoms with van der Waals surface area (Å²) in [5.74, 6) is -0.101. The molecule has 2 amide bonds. The van der Waals surface area contributed by atoms with Gasteiger partial charge in [0, 0.05) is 49.4 Å². The van der Waals surface area contributed by atoms with Crippen molar-refractivity contribution in [2.45, 2.75) is 70.9 Å². The second-order valence-electron chi connectivity index (χ2n) is 9.91. The normalized spacial score (nSPS) is 22.4. The number of benzene rings is 1. The fourth-order valence-corrected chi connectivity index (χ4v) is 5.04. The molecular weight excluding hydrogens is 394 g/mol. The fourth-order valence-electron chi connectivity index (χ4n) is 5.04. The van der Waals surface area contributed by atoms with Crippen molar-refractivity contribution in [3.63, 3.8) is 0 Å². The van der Waals surface area contributed by atoms with Crippen molar-refractivity contribution < 1.29 is 19.1 Å². The van der Waals surface area contributed by atoms with Crippen molar-refractivity contribution in [2.75, 3.05) is 29.4 Å². The van der Waals surface area contributed by atoms with Crippen LogP contribution in [0.25, 0.3) is 0 Å². The van der Waals surface area contributed by atoms with E-state index in [-0.39, 0.29) is 23.8 Å². The Morgan fingerprint density at radius 1 is 1.06 bits per heavy atom. The average molecular weight is 428 g/mol. The maximum absolute atomic E-state index is 12.4. The number of hydrogen-bond acceptors (Lipinski definition) is 6. The summed E-state index contributed by atoms with van der Waals surface area (Å²) in [5.41, 5.74) is 3.21. The molecule has 7 heteroatoms. The molecule has 0 aliphatic carbocycles. The lowest BCUT2D eigenvalue weighted by molar-refractivity contribution is -0.156. The van der Waals surface area contributed by atoms with Gasteiger partial charge in [0.1, 0.15) is 11.6 Å². The van der Waals surface area contributed by atoms with Crippen LogP contribution in [0.4, 0.5) is 11.4 Å². The predicted octanol–water partition coefficient (Wildman–Crippen LogP) is 2.80. The smallest absolute Gasteiger partial charge is 0.306 e. The van der Waals surface area contributed by atoms with E-state index in [1.165, 1.54) is 11.3 Å². The van der Waals surface area contributed by atoms with Crippen LogP contribution in [-0.4, -0.2) is 49.1 Å². The number of piperidine rings is 2. The highest BCUT2D eigenvalue weighted by molar-refractivity contribution is 6.02. The number of ether oxygens (including phenoxy) is 1. The van der Waals surface area contributed by atoms with Crippen LogP contribution in [0.1, 0.15) is 58.4 Å². The van der Waals surface area contributed by atoms with Gasteiger partial charge >= 0.3 is 5.97 Å². The number of imide groups is 1. The summed E-state index contributed by atoms with van der Waals surface area (Å²) in [5, 5.41) is 2.48. The third kappa shape index (κ3) is 4.86. The molecule has 0 unspecified atom stereocenters. The average Bonchev–Trinajstić information content (AvgIpc) is 3.11. The summed E-state index contributed by atoms with van der Waals surface area (Å²) in [6.45, 7) is 8.35. The molecule has 7 nitrogen and oxygen atoms in total. The van der Waals surface area contributed by atoms with Gasteiger partial charge in [0.05, 0.1) is 0 Å². The number of esters is 1. The van der Waals surface area contributed by atoms with Gasteiger partial charge in [-0.1, -0.05) is 6.07 Å². The number of fused-ring (bicyclic) bond motifs is 1. The third-order valence-electron chi connectivity index (χ3n) is 6.46. The van der Waals surface area contributed by atoms with Gasteiger partial charge in [-0.05, 0) is 64.5 Å². The summed E-state index contributed by atoms with van der Waals surface area (Å²) in [4.78, 5) is 40.6. The maximum atomic E-state index is 12.4. The van der Waals surface area contributed by atoms with Crippen LogP contribution in [-0.2, 0) is 25.5 Å². The van der Waals surface area contributed by atoms with Crippen molar-refractivity contribution in [1.82, 2.24) is 5.32 Å². The molecule has 0 aromatic heterocycles. The molecular formula is C24H33N3O4. The Balaban J connectivity index is 1.40. The number of carbonyl (C=O) groups is 3. The molecule has 1 aromatic rings. The number of amides is 2. The molecule has 1 atom stereocenters.